The minimum absolute atomic E-state index is 0.0256. The maximum Gasteiger partial charge on any atom is 0.410 e. The first kappa shape index (κ1) is 17.8. The molecule has 1 rings (SSSR count). The highest BCUT2D eigenvalue weighted by molar-refractivity contribution is 5.77. The Balaban J connectivity index is 2.81. The molecule has 0 spiro atoms. The number of unbranched alkanes of at least 4 members (excludes halogenated alkanes) is 1. The lowest BCUT2D eigenvalue weighted by atomic mass is 9.75. The van der Waals surface area contributed by atoms with E-state index in [0.717, 1.165) is 25.7 Å². The number of nitrogens with zero attached hydrogens (tertiary/aromatic N) is 1. The molecule has 1 saturated heterocycles. The van der Waals surface area contributed by atoms with Crippen LogP contribution in [0.2, 0.25) is 0 Å². The molecule has 0 aromatic heterocycles. The molecule has 1 aliphatic rings. The molecule has 2 atom stereocenters. The summed E-state index contributed by atoms with van der Waals surface area (Å²) >= 11 is 0. The highest BCUT2D eigenvalue weighted by Gasteiger charge is 2.47. The molecule has 0 radical (unpaired) electrons. The monoisotopic (exact) mass is 298 g/mol. The van der Waals surface area contributed by atoms with Crippen LogP contribution in [0.15, 0.2) is 0 Å². The molecule has 122 valence electrons. The van der Waals surface area contributed by atoms with E-state index < -0.39 is 0 Å². The summed E-state index contributed by atoms with van der Waals surface area (Å²) in [5.41, 5.74) is -0.629. The van der Waals surface area contributed by atoms with Crippen molar-refractivity contribution in [2.45, 2.75) is 83.8 Å². The van der Waals surface area contributed by atoms with Crippen molar-refractivity contribution in [1.82, 2.24) is 10.2 Å². The maximum absolute atomic E-state index is 12.0. The van der Waals surface area contributed by atoms with Gasteiger partial charge < -0.3 is 15.0 Å². The van der Waals surface area contributed by atoms with Gasteiger partial charge in [0.15, 0.2) is 0 Å². The molecule has 2 unspecified atom stereocenters. The molecule has 0 bridgehead atoms. The predicted molar refractivity (Wildman–Crippen MR) is 83.1 cm³/mol. The highest BCUT2D eigenvalue weighted by atomic mass is 16.5. The third kappa shape index (κ3) is 4.35. The fourth-order valence-corrected chi connectivity index (χ4v) is 3.81. The van der Waals surface area contributed by atoms with Crippen molar-refractivity contribution in [3.05, 3.63) is 0 Å². The van der Waals surface area contributed by atoms with Crippen LogP contribution >= 0.6 is 0 Å². The van der Waals surface area contributed by atoms with Gasteiger partial charge in [-0.05, 0) is 47.0 Å². The molecule has 5 nitrogen and oxygen atoms in total. The van der Waals surface area contributed by atoms with Crippen LogP contribution in [0, 0.1) is 0 Å². The number of methoxy groups -OCH3 is 1. The minimum atomic E-state index is -0.350. The van der Waals surface area contributed by atoms with Crippen LogP contribution < -0.4 is 5.32 Å². The van der Waals surface area contributed by atoms with Crippen LogP contribution in [-0.2, 0) is 9.53 Å². The van der Waals surface area contributed by atoms with Crippen molar-refractivity contribution < 1.29 is 14.3 Å². The largest absolute Gasteiger partial charge is 0.453 e. The number of piperidine rings is 1. The summed E-state index contributed by atoms with van der Waals surface area (Å²) in [6.45, 7) is 10.2. The maximum atomic E-state index is 12.0. The number of hydrogen-bond donors (Lipinski definition) is 1. The zero-order valence-corrected chi connectivity index (χ0v) is 14.3. The van der Waals surface area contributed by atoms with E-state index in [9.17, 15) is 9.59 Å². The Kier molecular flexibility index (Phi) is 5.65. The average Bonchev–Trinajstić information content (AvgIpc) is 2.32. The van der Waals surface area contributed by atoms with Crippen LogP contribution in [0.3, 0.4) is 0 Å². The normalized spacial score (nSPS) is 28.1. The first-order valence-corrected chi connectivity index (χ1v) is 7.83. The van der Waals surface area contributed by atoms with Gasteiger partial charge in [0.1, 0.15) is 0 Å². The van der Waals surface area contributed by atoms with Gasteiger partial charge in [-0.3, -0.25) is 4.79 Å². The summed E-state index contributed by atoms with van der Waals surface area (Å²) in [6, 6.07) is 0.0256. The number of ether oxygens (including phenoxy) is 1. The number of amides is 2. The SMILES string of the molecule is CCCCC(=O)NC1(C)CC(C)N(C(=O)OC)C(C)(C)C1. The van der Waals surface area contributed by atoms with E-state index in [1.165, 1.54) is 7.11 Å². The van der Waals surface area contributed by atoms with Crippen molar-refractivity contribution in [2.24, 2.45) is 0 Å². The van der Waals surface area contributed by atoms with Gasteiger partial charge in [-0.2, -0.15) is 0 Å². The number of carbonyl (C=O) groups is 2. The van der Waals surface area contributed by atoms with Crippen molar-refractivity contribution in [3.63, 3.8) is 0 Å². The second-order valence-corrected chi connectivity index (χ2v) is 7.09. The molecule has 1 heterocycles. The second kappa shape index (κ2) is 6.67. The second-order valence-electron chi connectivity index (χ2n) is 7.09. The number of carbonyl (C=O) groups excluding carboxylic acids is 2. The Labute approximate surface area is 128 Å². The minimum Gasteiger partial charge on any atom is -0.453 e. The third-order valence-electron chi connectivity index (χ3n) is 4.23. The van der Waals surface area contributed by atoms with E-state index in [-0.39, 0.29) is 29.1 Å². The smallest absolute Gasteiger partial charge is 0.410 e. The number of likely N-dealkylation sites (tertiary alicyclic amines) is 1. The Morgan fingerprint density at radius 1 is 1.33 bits per heavy atom. The summed E-state index contributed by atoms with van der Waals surface area (Å²) in [5.74, 6) is 0.105. The van der Waals surface area contributed by atoms with E-state index in [1.54, 1.807) is 4.90 Å². The van der Waals surface area contributed by atoms with Crippen molar-refractivity contribution >= 4 is 12.0 Å². The van der Waals surface area contributed by atoms with Crippen LogP contribution in [0.4, 0.5) is 4.79 Å². The lowest BCUT2D eigenvalue weighted by Crippen LogP contribution is -2.65. The summed E-state index contributed by atoms with van der Waals surface area (Å²) in [6.07, 6.45) is 3.66. The van der Waals surface area contributed by atoms with E-state index >= 15 is 0 Å². The molecular formula is C16H30N2O3. The predicted octanol–water partition coefficient (Wildman–Crippen LogP) is 3.08. The molecule has 1 aliphatic heterocycles. The quantitative estimate of drug-likeness (QED) is 0.867. The molecular weight excluding hydrogens is 268 g/mol. The fraction of sp³-hybridized carbons (Fsp3) is 0.875. The average molecular weight is 298 g/mol. The summed E-state index contributed by atoms with van der Waals surface area (Å²) in [4.78, 5) is 25.8. The summed E-state index contributed by atoms with van der Waals surface area (Å²) in [5, 5.41) is 3.18. The standard InChI is InChI=1S/C16H30N2O3/c1-7-8-9-13(19)17-16(5)10-12(2)18(14(20)21-6)15(3,4)11-16/h12H,7-11H2,1-6H3,(H,17,19). The Morgan fingerprint density at radius 3 is 2.43 bits per heavy atom. The van der Waals surface area contributed by atoms with E-state index in [4.69, 9.17) is 4.74 Å². The highest BCUT2D eigenvalue weighted by Crippen LogP contribution is 2.38. The number of nitrogens with one attached hydrogen (secondary N) is 1. The summed E-state index contributed by atoms with van der Waals surface area (Å²) in [7, 11) is 1.41. The zero-order chi connectivity index (χ0) is 16.3. The first-order valence-electron chi connectivity index (χ1n) is 7.83. The lowest BCUT2D eigenvalue weighted by molar-refractivity contribution is -0.124. The molecule has 1 fully saturated rings. The van der Waals surface area contributed by atoms with Gasteiger partial charge >= 0.3 is 6.09 Å². The van der Waals surface area contributed by atoms with Crippen LogP contribution in [0.5, 0.6) is 0 Å². The molecule has 2 amide bonds. The third-order valence-corrected chi connectivity index (χ3v) is 4.23. The number of hydrogen-bond acceptors (Lipinski definition) is 3. The Morgan fingerprint density at radius 2 is 1.95 bits per heavy atom. The molecule has 0 aromatic rings. The van der Waals surface area contributed by atoms with Gasteiger partial charge in [-0.15, -0.1) is 0 Å². The summed E-state index contributed by atoms with van der Waals surface area (Å²) < 4.78 is 4.90. The van der Waals surface area contributed by atoms with Crippen molar-refractivity contribution in [3.8, 4) is 0 Å². The van der Waals surface area contributed by atoms with Gasteiger partial charge in [0.2, 0.25) is 5.91 Å². The first-order chi connectivity index (χ1) is 9.65. The van der Waals surface area contributed by atoms with Crippen LogP contribution in [0.25, 0.3) is 0 Å². The molecule has 21 heavy (non-hydrogen) atoms. The van der Waals surface area contributed by atoms with Crippen LogP contribution in [-0.4, -0.2) is 41.1 Å². The molecule has 0 saturated carbocycles. The van der Waals surface area contributed by atoms with Gasteiger partial charge in [-0.25, -0.2) is 4.79 Å². The van der Waals surface area contributed by atoms with E-state index in [1.807, 2.05) is 20.8 Å². The molecule has 0 aliphatic carbocycles. The fourth-order valence-electron chi connectivity index (χ4n) is 3.81. The Bertz CT molecular complexity index is 395. The number of rotatable bonds is 4. The van der Waals surface area contributed by atoms with Crippen molar-refractivity contribution in [2.75, 3.05) is 7.11 Å². The van der Waals surface area contributed by atoms with Gasteiger partial charge in [0.05, 0.1) is 7.11 Å². The topological polar surface area (TPSA) is 58.6 Å². The molecule has 5 heteroatoms. The van der Waals surface area contributed by atoms with E-state index in [2.05, 4.69) is 19.2 Å². The van der Waals surface area contributed by atoms with E-state index in [0.29, 0.717) is 6.42 Å². The van der Waals surface area contributed by atoms with Gasteiger partial charge in [0, 0.05) is 23.5 Å². The van der Waals surface area contributed by atoms with Gasteiger partial charge in [-0.1, -0.05) is 13.3 Å². The Hall–Kier alpha value is -1.26. The van der Waals surface area contributed by atoms with Gasteiger partial charge in [0.25, 0.3) is 0 Å². The zero-order valence-electron chi connectivity index (χ0n) is 14.3. The van der Waals surface area contributed by atoms with Crippen LogP contribution in [0.1, 0.15) is 66.7 Å². The van der Waals surface area contributed by atoms with Crippen molar-refractivity contribution in [1.29, 1.82) is 0 Å². The lowest BCUT2D eigenvalue weighted by Gasteiger charge is -2.53. The molecule has 1 N–H and O–H groups in total. The molecule has 0 aromatic carbocycles.